The first kappa shape index (κ1) is 20.1. The van der Waals surface area contributed by atoms with Crippen molar-refractivity contribution in [3.05, 3.63) is 59.4 Å². The van der Waals surface area contributed by atoms with Crippen LogP contribution < -0.4 is 10.6 Å². The van der Waals surface area contributed by atoms with Crippen LogP contribution in [0.1, 0.15) is 23.6 Å². The van der Waals surface area contributed by atoms with Gasteiger partial charge in [-0.2, -0.15) is 0 Å². The lowest BCUT2D eigenvalue weighted by Crippen LogP contribution is -2.21. The Kier molecular flexibility index (Phi) is 5.97. The third-order valence-electron chi connectivity index (χ3n) is 4.44. The van der Waals surface area contributed by atoms with Gasteiger partial charge in [-0.05, 0) is 55.3 Å². The zero-order valence-corrected chi connectivity index (χ0v) is 16.5. The molecule has 3 rings (SSSR count). The standard InChI is InChI=1S/C22H22N2O5/c1-13-7-19-16(11-28-20(19)8-14(13)2)9-22(27)29-12-21(26)24-18-6-4-5-17(10-18)23-15(3)25/h4-8,10-11H,9,12H2,1-3H3,(H,23,25)(H,24,26). The topological polar surface area (TPSA) is 97.6 Å². The van der Waals surface area contributed by atoms with E-state index >= 15 is 0 Å². The Morgan fingerprint density at radius 1 is 1.00 bits per heavy atom. The average Bonchev–Trinajstić information content (AvgIpc) is 3.02. The van der Waals surface area contributed by atoms with Gasteiger partial charge in [0.15, 0.2) is 6.61 Å². The highest BCUT2D eigenvalue weighted by Gasteiger charge is 2.14. The van der Waals surface area contributed by atoms with E-state index < -0.39 is 18.5 Å². The van der Waals surface area contributed by atoms with Crippen LogP contribution in [0.4, 0.5) is 11.4 Å². The fraction of sp³-hybridized carbons (Fsp3) is 0.227. The number of amides is 2. The van der Waals surface area contributed by atoms with Gasteiger partial charge in [-0.15, -0.1) is 0 Å². The molecule has 0 fully saturated rings. The molecular weight excluding hydrogens is 372 g/mol. The minimum atomic E-state index is -0.520. The van der Waals surface area contributed by atoms with Gasteiger partial charge in [-0.25, -0.2) is 0 Å². The van der Waals surface area contributed by atoms with Gasteiger partial charge in [0, 0.05) is 29.2 Å². The third-order valence-corrected chi connectivity index (χ3v) is 4.44. The van der Waals surface area contributed by atoms with E-state index in [-0.39, 0.29) is 12.3 Å². The van der Waals surface area contributed by atoms with Crippen LogP contribution in [0.15, 0.2) is 47.1 Å². The van der Waals surface area contributed by atoms with Crippen molar-refractivity contribution in [3.8, 4) is 0 Å². The van der Waals surface area contributed by atoms with E-state index in [1.165, 1.54) is 6.92 Å². The number of esters is 1. The summed E-state index contributed by atoms with van der Waals surface area (Å²) in [5, 5.41) is 6.12. The second kappa shape index (κ2) is 8.60. The Morgan fingerprint density at radius 2 is 1.69 bits per heavy atom. The number of carbonyl (C=O) groups excluding carboxylic acids is 3. The van der Waals surface area contributed by atoms with Crippen molar-refractivity contribution in [1.29, 1.82) is 0 Å². The van der Waals surface area contributed by atoms with E-state index in [4.69, 9.17) is 9.15 Å². The largest absolute Gasteiger partial charge is 0.464 e. The van der Waals surface area contributed by atoms with Gasteiger partial charge in [0.2, 0.25) is 5.91 Å². The number of rotatable bonds is 6. The van der Waals surface area contributed by atoms with Gasteiger partial charge >= 0.3 is 5.97 Å². The van der Waals surface area contributed by atoms with Gasteiger partial charge < -0.3 is 19.8 Å². The van der Waals surface area contributed by atoms with Crippen LogP contribution in [-0.4, -0.2) is 24.4 Å². The predicted octanol–water partition coefficient (Wildman–Crippen LogP) is 3.73. The zero-order valence-electron chi connectivity index (χ0n) is 16.5. The summed E-state index contributed by atoms with van der Waals surface area (Å²) >= 11 is 0. The summed E-state index contributed by atoms with van der Waals surface area (Å²) in [5.74, 6) is -1.20. The molecule has 0 aliphatic heterocycles. The van der Waals surface area contributed by atoms with Crippen molar-refractivity contribution in [1.82, 2.24) is 0 Å². The molecule has 2 N–H and O–H groups in total. The minimum absolute atomic E-state index is 0.0147. The molecule has 0 spiro atoms. The Balaban J connectivity index is 1.55. The van der Waals surface area contributed by atoms with Crippen molar-refractivity contribution in [2.24, 2.45) is 0 Å². The highest BCUT2D eigenvalue weighted by Crippen LogP contribution is 2.25. The molecule has 0 saturated heterocycles. The normalized spacial score (nSPS) is 10.6. The monoisotopic (exact) mass is 394 g/mol. The lowest BCUT2D eigenvalue weighted by Gasteiger charge is -2.08. The van der Waals surface area contributed by atoms with Gasteiger partial charge in [0.1, 0.15) is 5.58 Å². The van der Waals surface area contributed by atoms with Crippen LogP contribution in [0.2, 0.25) is 0 Å². The molecule has 1 aromatic heterocycles. The maximum Gasteiger partial charge on any atom is 0.310 e. The number of benzene rings is 2. The van der Waals surface area contributed by atoms with Crippen molar-refractivity contribution in [2.75, 3.05) is 17.2 Å². The third kappa shape index (κ3) is 5.22. The molecule has 0 bridgehead atoms. The number of aryl methyl sites for hydroxylation is 2. The van der Waals surface area contributed by atoms with Gasteiger partial charge in [0.25, 0.3) is 5.91 Å². The number of carbonyl (C=O) groups is 3. The summed E-state index contributed by atoms with van der Waals surface area (Å²) in [6.07, 6.45) is 1.55. The maximum atomic E-state index is 12.1. The van der Waals surface area contributed by atoms with Gasteiger partial charge in [0.05, 0.1) is 12.7 Å². The molecule has 0 atom stereocenters. The fourth-order valence-corrected chi connectivity index (χ4v) is 2.90. The van der Waals surface area contributed by atoms with Crippen LogP contribution in [0, 0.1) is 13.8 Å². The quantitative estimate of drug-likeness (QED) is 0.621. The molecule has 1 heterocycles. The molecule has 0 aliphatic carbocycles. The summed E-state index contributed by atoms with van der Waals surface area (Å²) in [6.45, 7) is 4.98. The molecule has 7 nitrogen and oxygen atoms in total. The molecule has 0 radical (unpaired) electrons. The highest BCUT2D eigenvalue weighted by atomic mass is 16.5. The first-order valence-electron chi connectivity index (χ1n) is 9.12. The number of hydrogen-bond donors (Lipinski definition) is 2. The van der Waals surface area contributed by atoms with Crippen molar-refractivity contribution < 1.29 is 23.5 Å². The molecule has 7 heteroatoms. The molecule has 2 aromatic carbocycles. The summed E-state index contributed by atoms with van der Waals surface area (Å²) < 4.78 is 10.6. The van der Waals surface area contributed by atoms with Crippen molar-refractivity contribution >= 4 is 40.1 Å². The molecule has 2 amide bonds. The number of ether oxygens (including phenoxy) is 1. The Hall–Kier alpha value is -3.61. The first-order chi connectivity index (χ1) is 13.8. The minimum Gasteiger partial charge on any atom is -0.464 e. The lowest BCUT2D eigenvalue weighted by atomic mass is 10.0. The summed E-state index contributed by atoms with van der Waals surface area (Å²) in [6, 6.07) is 10.6. The van der Waals surface area contributed by atoms with Crippen LogP contribution in [0.3, 0.4) is 0 Å². The van der Waals surface area contributed by atoms with E-state index in [9.17, 15) is 14.4 Å². The van der Waals surface area contributed by atoms with Crippen LogP contribution >= 0.6 is 0 Å². The molecular formula is C22H22N2O5. The van der Waals surface area contributed by atoms with Gasteiger partial charge in [-0.1, -0.05) is 6.07 Å². The average molecular weight is 394 g/mol. The van der Waals surface area contributed by atoms with Crippen molar-refractivity contribution in [2.45, 2.75) is 27.2 Å². The van der Waals surface area contributed by atoms with Crippen LogP contribution in [-0.2, 0) is 25.5 Å². The van der Waals surface area contributed by atoms with Gasteiger partial charge in [-0.3, -0.25) is 14.4 Å². The van der Waals surface area contributed by atoms with Crippen molar-refractivity contribution in [3.63, 3.8) is 0 Å². The van der Waals surface area contributed by atoms with E-state index in [2.05, 4.69) is 10.6 Å². The number of nitrogens with one attached hydrogen (secondary N) is 2. The van der Waals surface area contributed by atoms with E-state index in [1.807, 2.05) is 26.0 Å². The van der Waals surface area contributed by atoms with E-state index in [0.717, 1.165) is 22.1 Å². The summed E-state index contributed by atoms with van der Waals surface area (Å²) in [4.78, 5) is 35.3. The Labute approximate surface area is 168 Å². The molecule has 0 unspecified atom stereocenters. The lowest BCUT2D eigenvalue weighted by molar-refractivity contribution is -0.146. The van der Waals surface area contributed by atoms with Crippen LogP contribution in [0.25, 0.3) is 11.0 Å². The summed E-state index contributed by atoms with van der Waals surface area (Å²) in [5.41, 5.74) is 4.70. The number of furan rings is 1. The second-order valence-corrected chi connectivity index (χ2v) is 6.84. The highest BCUT2D eigenvalue weighted by molar-refractivity contribution is 5.95. The molecule has 29 heavy (non-hydrogen) atoms. The van der Waals surface area contributed by atoms with Crippen LogP contribution in [0.5, 0.6) is 0 Å². The number of fused-ring (bicyclic) bond motifs is 1. The maximum absolute atomic E-state index is 12.1. The Morgan fingerprint density at radius 3 is 2.41 bits per heavy atom. The fourth-order valence-electron chi connectivity index (χ4n) is 2.90. The molecule has 150 valence electrons. The molecule has 0 aliphatic rings. The number of anilines is 2. The molecule has 3 aromatic rings. The smallest absolute Gasteiger partial charge is 0.310 e. The first-order valence-corrected chi connectivity index (χ1v) is 9.12. The van der Waals surface area contributed by atoms with E-state index in [1.54, 1.807) is 30.5 Å². The SMILES string of the molecule is CC(=O)Nc1cccc(NC(=O)COC(=O)Cc2coc3cc(C)c(C)cc23)c1. The number of hydrogen-bond acceptors (Lipinski definition) is 5. The molecule has 0 saturated carbocycles. The summed E-state index contributed by atoms with van der Waals surface area (Å²) in [7, 11) is 0. The predicted molar refractivity (Wildman–Crippen MR) is 110 cm³/mol. The Bertz CT molecular complexity index is 1080. The zero-order chi connectivity index (χ0) is 21.0. The second-order valence-electron chi connectivity index (χ2n) is 6.84. The van der Waals surface area contributed by atoms with E-state index in [0.29, 0.717) is 17.0 Å².